The van der Waals surface area contributed by atoms with Gasteiger partial charge in [0, 0.05) is 21.2 Å². The van der Waals surface area contributed by atoms with Crippen LogP contribution in [0.1, 0.15) is 17.3 Å². The van der Waals surface area contributed by atoms with Crippen molar-refractivity contribution >= 4 is 69.8 Å². The van der Waals surface area contributed by atoms with Crippen LogP contribution in [-0.4, -0.2) is 17.1 Å². The maximum atomic E-state index is 12.5. The maximum Gasteiger partial charge on any atom is 0.255 e. The van der Waals surface area contributed by atoms with Gasteiger partial charge in [-0.3, -0.25) is 9.59 Å². The maximum absolute atomic E-state index is 12.5. The van der Waals surface area contributed by atoms with Gasteiger partial charge in [0.25, 0.3) is 5.91 Å². The summed E-state index contributed by atoms with van der Waals surface area (Å²) >= 11 is 19.4. The first kappa shape index (κ1) is 22.5. The molecular weight excluding hydrogens is 463 g/mol. The average Bonchev–Trinajstić information content (AvgIpc) is 2.72. The molecule has 0 aliphatic rings. The van der Waals surface area contributed by atoms with Crippen LogP contribution in [0.25, 0.3) is 0 Å². The second kappa shape index (κ2) is 10.2. The smallest absolute Gasteiger partial charge is 0.255 e. The third kappa shape index (κ3) is 5.92. The van der Waals surface area contributed by atoms with Crippen LogP contribution in [0.15, 0.2) is 71.6 Å². The predicted molar refractivity (Wildman–Crippen MR) is 126 cm³/mol. The van der Waals surface area contributed by atoms with Crippen LogP contribution >= 0.6 is 46.6 Å². The van der Waals surface area contributed by atoms with Crippen LogP contribution in [-0.2, 0) is 4.79 Å². The quantitative estimate of drug-likeness (QED) is 0.374. The van der Waals surface area contributed by atoms with Crippen molar-refractivity contribution in [2.45, 2.75) is 17.1 Å². The molecule has 3 rings (SSSR count). The van der Waals surface area contributed by atoms with Crippen LogP contribution < -0.4 is 10.6 Å². The van der Waals surface area contributed by atoms with E-state index in [1.165, 1.54) is 11.8 Å². The van der Waals surface area contributed by atoms with Crippen molar-refractivity contribution in [3.63, 3.8) is 0 Å². The first-order valence-corrected chi connectivity index (χ1v) is 10.9. The molecule has 0 aliphatic carbocycles. The lowest BCUT2D eigenvalue weighted by atomic mass is 10.2. The lowest BCUT2D eigenvalue weighted by Crippen LogP contribution is -2.22. The van der Waals surface area contributed by atoms with Gasteiger partial charge in [0.15, 0.2) is 0 Å². The molecule has 0 saturated heterocycles. The zero-order valence-electron chi connectivity index (χ0n) is 15.8. The molecule has 1 atom stereocenters. The number of halogens is 3. The summed E-state index contributed by atoms with van der Waals surface area (Å²) in [6.07, 6.45) is 0. The molecule has 0 heterocycles. The van der Waals surface area contributed by atoms with Gasteiger partial charge in [-0.05, 0) is 61.5 Å². The minimum Gasteiger partial charge on any atom is -0.324 e. The van der Waals surface area contributed by atoms with E-state index < -0.39 is 0 Å². The number of anilines is 2. The summed E-state index contributed by atoms with van der Waals surface area (Å²) < 4.78 is 0. The molecule has 1 unspecified atom stereocenters. The van der Waals surface area contributed by atoms with Gasteiger partial charge in [-0.2, -0.15) is 0 Å². The number of nitrogens with one attached hydrogen (secondary N) is 2. The summed E-state index contributed by atoms with van der Waals surface area (Å²) in [7, 11) is 0. The zero-order valence-corrected chi connectivity index (χ0v) is 18.9. The Kier molecular flexibility index (Phi) is 7.67. The Balaban J connectivity index is 1.58. The number of hydrogen-bond acceptors (Lipinski definition) is 3. The van der Waals surface area contributed by atoms with Crippen molar-refractivity contribution in [3.05, 3.63) is 87.4 Å². The molecule has 0 fully saturated rings. The van der Waals surface area contributed by atoms with Crippen LogP contribution in [0.4, 0.5) is 11.4 Å². The van der Waals surface area contributed by atoms with Gasteiger partial charge in [0.05, 0.1) is 21.0 Å². The van der Waals surface area contributed by atoms with Crippen LogP contribution in [0.2, 0.25) is 15.1 Å². The average molecular weight is 480 g/mol. The van der Waals surface area contributed by atoms with E-state index in [1.807, 2.05) is 12.1 Å². The number of carbonyl (C=O) groups is 2. The van der Waals surface area contributed by atoms with E-state index in [2.05, 4.69) is 10.6 Å². The molecule has 4 nitrogen and oxygen atoms in total. The van der Waals surface area contributed by atoms with Gasteiger partial charge in [0.1, 0.15) is 0 Å². The van der Waals surface area contributed by atoms with E-state index in [9.17, 15) is 9.59 Å². The molecule has 0 aromatic heterocycles. The Morgan fingerprint density at radius 2 is 1.60 bits per heavy atom. The SMILES string of the molecule is CC(Sc1ccc(NC(=O)c2cccc(Cl)c2)cc1)C(=O)Nc1cccc(Cl)c1Cl. The number of rotatable bonds is 6. The highest BCUT2D eigenvalue weighted by molar-refractivity contribution is 8.00. The first-order chi connectivity index (χ1) is 14.3. The summed E-state index contributed by atoms with van der Waals surface area (Å²) in [5.41, 5.74) is 1.60. The van der Waals surface area contributed by atoms with Crippen molar-refractivity contribution in [2.75, 3.05) is 10.6 Å². The lowest BCUT2D eigenvalue weighted by Gasteiger charge is -2.14. The molecule has 0 bridgehead atoms. The molecule has 30 heavy (non-hydrogen) atoms. The fraction of sp³-hybridized carbons (Fsp3) is 0.0909. The van der Waals surface area contributed by atoms with Crippen molar-refractivity contribution < 1.29 is 9.59 Å². The van der Waals surface area contributed by atoms with E-state index in [-0.39, 0.29) is 17.1 Å². The number of carbonyl (C=O) groups excluding carboxylic acids is 2. The van der Waals surface area contributed by atoms with E-state index in [1.54, 1.807) is 61.5 Å². The standard InChI is InChI=1S/C22H17Cl3N2O2S/c1-13(21(28)27-19-7-3-6-18(24)20(19)25)30-17-10-8-16(9-11-17)26-22(29)14-4-2-5-15(23)12-14/h2-13H,1H3,(H,26,29)(H,27,28). The molecule has 0 saturated carbocycles. The Labute approximate surface area is 193 Å². The summed E-state index contributed by atoms with van der Waals surface area (Å²) in [6, 6.07) is 19.0. The predicted octanol–water partition coefficient (Wildman–Crippen LogP) is 7.02. The molecule has 0 spiro atoms. The highest BCUT2D eigenvalue weighted by atomic mass is 35.5. The van der Waals surface area contributed by atoms with Crippen molar-refractivity contribution in [2.24, 2.45) is 0 Å². The minimum atomic E-state index is -0.369. The Morgan fingerprint density at radius 3 is 2.30 bits per heavy atom. The molecule has 0 aliphatic heterocycles. The molecule has 0 radical (unpaired) electrons. The van der Waals surface area contributed by atoms with Crippen LogP contribution in [0.5, 0.6) is 0 Å². The normalized spacial score (nSPS) is 11.6. The van der Waals surface area contributed by atoms with Crippen molar-refractivity contribution in [3.8, 4) is 0 Å². The summed E-state index contributed by atoms with van der Waals surface area (Å²) in [5, 5.41) is 6.43. The second-order valence-electron chi connectivity index (χ2n) is 6.34. The van der Waals surface area contributed by atoms with E-state index in [0.29, 0.717) is 32.0 Å². The molecule has 154 valence electrons. The topological polar surface area (TPSA) is 58.2 Å². The Morgan fingerprint density at radius 1 is 0.900 bits per heavy atom. The first-order valence-electron chi connectivity index (χ1n) is 8.92. The van der Waals surface area contributed by atoms with Crippen LogP contribution in [0.3, 0.4) is 0 Å². The summed E-state index contributed by atoms with van der Waals surface area (Å²) in [5.74, 6) is -0.438. The number of thioether (sulfide) groups is 1. The number of amides is 2. The van der Waals surface area contributed by atoms with Crippen molar-refractivity contribution in [1.82, 2.24) is 0 Å². The third-order valence-corrected chi connectivity index (χ3v) is 6.26. The summed E-state index contributed by atoms with van der Waals surface area (Å²) in [6.45, 7) is 1.80. The number of hydrogen-bond donors (Lipinski definition) is 2. The van der Waals surface area contributed by atoms with Gasteiger partial charge in [-0.1, -0.05) is 46.9 Å². The second-order valence-corrected chi connectivity index (χ2v) is 8.98. The van der Waals surface area contributed by atoms with E-state index in [0.717, 1.165) is 4.90 Å². The lowest BCUT2D eigenvalue weighted by molar-refractivity contribution is -0.115. The molecule has 3 aromatic rings. The number of benzene rings is 3. The molecule has 2 N–H and O–H groups in total. The zero-order chi connectivity index (χ0) is 21.7. The van der Waals surface area contributed by atoms with Crippen LogP contribution in [0, 0.1) is 0 Å². The van der Waals surface area contributed by atoms with E-state index >= 15 is 0 Å². The van der Waals surface area contributed by atoms with Gasteiger partial charge in [-0.15, -0.1) is 11.8 Å². The van der Waals surface area contributed by atoms with E-state index in [4.69, 9.17) is 34.8 Å². The fourth-order valence-corrected chi connectivity index (χ4v) is 3.95. The molecule has 3 aromatic carbocycles. The van der Waals surface area contributed by atoms with Gasteiger partial charge < -0.3 is 10.6 Å². The fourth-order valence-electron chi connectivity index (χ4n) is 2.54. The highest BCUT2D eigenvalue weighted by Gasteiger charge is 2.16. The minimum absolute atomic E-state index is 0.192. The third-order valence-electron chi connectivity index (χ3n) is 4.09. The molecule has 8 heteroatoms. The Bertz CT molecular complexity index is 1070. The van der Waals surface area contributed by atoms with Gasteiger partial charge >= 0.3 is 0 Å². The molecule has 2 amide bonds. The summed E-state index contributed by atoms with van der Waals surface area (Å²) in [4.78, 5) is 25.7. The van der Waals surface area contributed by atoms with Crippen molar-refractivity contribution in [1.29, 1.82) is 0 Å². The monoisotopic (exact) mass is 478 g/mol. The largest absolute Gasteiger partial charge is 0.324 e. The van der Waals surface area contributed by atoms with Gasteiger partial charge in [-0.25, -0.2) is 0 Å². The highest BCUT2D eigenvalue weighted by Crippen LogP contribution is 2.31. The molecular formula is C22H17Cl3N2O2S. The van der Waals surface area contributed by atoms with Gasteiger partial charge in [0.2, 0.25) is 5.91 Å². The Hall–Kier alpha value is -2.18.